The molecule has 0 fully saturated rings. The Kier molecular flexibility index (Phi) is 1.77. The quantitative estimate of drug-likeness (QED) is 0.675. The minimum atomic E-state index is -0.802. The van der Waals surface area contributed by atoms with E-state index in [9.17, 15) is 5.11 Å². The molecule has 1 aliphatic carbocycles. The van der Waals surface area contributed by atoms with Crippen LogP contribution < -0.4 is 0 Å². The molecule has 64 valence electrons. The smallest absolute Gasteiger partial charge is 0.148 e. The highest BCUT2D eigenvalue weighted by atomic mass is 79.9. The molecule has 0 saturated heterocycles. The molecule has 0 heterocycles. The van der Waals surface area contributed by atoms with Crippen molar-refractivity contribution in [2.24, 2.45) is 5.92 Å². The van der Waals surface area contributed by atoms with Gasteiger partial charge in [-0.25, -0.2) is 0 Å². The van der Waals surface area contributed by atoms with Crippen LogP contribution in [-0.2, 0) is 10.9 Å². The fraction of sp³-hybridized carbons (Fsp3) is 0.400. The van der Waals surface area contributed by atoms with Gasteiger partial charge in [0.15, 0.2) is 0 Å². The zero-order valence-corrected chi connectivity index (χ0v) is 8.51. The molecular formula is C10H11BrO. The Morgan fingerprint density at radius 1 is 1.50 bits per heavy atom. The third kappa shape index (κ3) is 1.02. The largest absolute Gasteiger partial charge is 0.374 e. The molecule has 0 radical (unpaired) electrons. The van der Waals surface area contributed by atoms with E-state index in [1.165, 1.54) is 5.56 Å². The average Bonchev–Trinajstić information content (AvgIpc) is 2.25. The molecule has 12 heavy (non-hydrogen) atoms. The molecule has 0 amide bonds. The molecule has 0 aromatic heterocycles. The van der Waals surface area contributed by atoms with Gasteiger partial charge in [-0.1, -0.05) is 31.2 Å². The first-order valence-corrected chi connectivity index (χ1v) is 4.91. The van der Waals surface area contributed by atoms with Gasteiger partial charge in [0, 0.05) is 5.92 Å². The molecule has 1 aromatic carbocycles. The van der Waals surface area contributed by atoms with Crippen molar-refractivity contribution >= 4 is 15.9 Å². The lowest BCUT2D eigenvalue weighted by atomic mass is 10.1. The van der Waals surface area contributed by atoms with Gasteiger partial charge >= 0.3 is 0 Å². The van der Waals surface area contributed by atoms with Crippen molar-refractivity contribution in [3.05, 3.63) is 35.4 Å². The number of rotatable bonds is 0. The monoisotopic (exact) mass is 226 g/mol. The van der Waals surface area contributed by atoms with Gasteiger partial charge in [0.2, 0.25) is 0 Å². The van der Waals surface area contributed by atoms with Crippen molar-refractivity contribution in [1.82, 2.24) is 0 Å². The third-order valence-electron chi connectivity index (χ3n) is 2.57. The maximum atomic E-state index is 10.0. The second kappa shape index (κ2) is 2.57. The van der Waals surface area contributed by atoms with E-state index in [1.54, 1.807) is 0 Å². The molecule has 0 bridgehead atoms. The van der Waals surface area contributed by atoms with Crippen molar-refractivity contribution in [2.45, 2.75) is 17.9 Å². The lowest BCUT2D eigenvalue weighted by molar-refractivity contribution is 0.101. The van der Waals surface area contributed by atoms with Crippen LogP contribution in [0, 0.1) is 5.92 Å². The van der Waals surface area contributed by atoms with Crippen LogP contribution in [0.25, 0.3) is 0 Å². The summed E-state index contributed by atoms with van der Waals surface area (Å²) in [5.41, 5.74) is 2.28. The third-order valence-corrected chi connectivity index (χ3v) is 3.78. The Balaban J connectivity index is 2.55. The van der Waals surface area contributed by atoms with Crippen LogP contribution in [0.2, 0.25) is 0 Å². The van der Waals surface area contributed by atoms with Crippen molar-refractivity contribution in [3.63, 3.8) is 0 Å². The first-order valence-electron chi connectivity index (χ1n) is 4.12. The number of fused-ring (bicyclic) bond motifs is 1. The normalized spacial score (nSPS) is 33.4. The average molecular weight is 227 g/mol. The van der Waals surface area contributed by atoms with Gasteiger partial charge in [0.25, 0.3) is 0 Å². The maximum absolute atomic E-state index is 10.0. The number of aliphatic hydroxyl groups is 1. The van der Waals surface area contributed by atoms with Crippen LogP contribution in [-0.4, -0.2) is 5.11 Å². The van der Waals surface area contributed by atoms with Crippen LogP contribution in [0.5, 0.6) is 0 Å². The Bertz CT molecular complexity index is 306. The number of halogens is 1. The first-order chi connectivity index (χ1) is 5.62. The molecule has 2 unspecified atom stereocenters. The predicted octanol–water partition coefficient (Wildman–Crippen LogP) is 2.42. The Morgan fingerprint density at radius 2 is 2.17 bits per heavy atom. The lowest BCUT2D eigenvalue weighted by Crippen LogP contribution is -2.20. The van der Waals surface area contributed by atoms with E-state index in [4.69, 9.17) is 0 Å². The van der Waals surface area contributed by atoms with E-state index in [2.05, 4.69) is 28.9 Å². The zero-order valence-electron chi connectivity index (χ0n) is 6.92. The minimum absolute atomic E-state index is 0.259. The molecular weight excluding hydrogens is 216 g/mol. The molecule has 1 aliphatic rings. The first kappa shape index (κ1) is 8.27. The van der Waals surface area contributed by atoms with Gasteiger partial charge in [-0.05, 0) is 33.5 Å². The van der Waals surface area contributed by atoms with Crippen molar-refractivity contribution in [2.75, 3.05) is 0 Å². The fourth-order valence-electron chi connectivity index (χ4n) is 1.77. The summed E-state index contributed by atoms with van der Waals surface area (Å²) in [6.45, 7) is 2.05. The van der Waals surface area contributed by atoms with Gasteiger partial charge in [-0.2, -0.15) is 0 Å². The van der Waals surface area contributed by atoms with Crippen LogP contribution in [0.1, 0.15) is 18.1 Å². The highest BCUT2D eigenvalue weighted by Crippen LogP contribution is 2.45. The van der Waals surface area contributed by atoms with Gasteiger partial charge in [0.05, 0.1) is 0 Å². The van der Waals surface area contributed by atoms with Crippen LogP contribution in [0.15, 0.2) is 24.3 Å². The van der Waals surface area contributed by atoms with E-state index in [0.29, 0.717) is 0 Å². The van der Waals surface area contributed by atoms with Gasteiger partial charge < -0.3 is 5.11 Å². The molecule has 0 aliphatic heterocycles. The number of alkyl halides is 1. The van der Waals surface area contributed by atoms with Crippen LogP contribution in [0.4, 0.5) is 0 Å². The molecule has 1 N–H and O–H groups in total. The van der Waals surface area contributed by atoms with E-state index < -0.39 is 4.51 Å². The summed E-state index contributed by atoms with van der Waals surface area (Å²) < 4.78 is -0.802. The van der Waals surface area contributed by atoms with Gasteiger partial charge in [-0.3, -0.25) is 0 Å². The minimum Gasteiger partial charge on any atom is -0.374 e. The standard InChI is InChI=1S/C10H11BrO/c1-7-6-8-4-2-3-5-9(8)10(7,11)12/h2-5,7,12H,6H2,1H3. The second-order valence-electron chi connectivity index (χ2n) is 3.44. The maximum Gasteiger partial charge on any atom is 0.148 e. The molecule has 2 rings (SSSR count). The van der Waals surface area contributed by atoms with Gasteiger partial charge in [-0.15, -0.1) is 0 Å². The Labute approximate surface area is 80.5 Å². The lowest BCUT2D eigenvalue weighted by Gasteiger charge is -2.20. The summed E-state index contributed by atoms with van der Waals surface area (Å²) in [5.74, 6) is 0.259. The molecule has 2 atom stereocenters. The molecule has 1 aromatic rings. The topological polar surface area (TPSA) is 20.2 Å². The highest BCUT2D eigenvalue weighted by Gasteiger charge is 2.40. The van der Waals surface area contributed by atoms with Crippen LogP contribution >= 0.6 is 15.9 Å². The van der Waals surface area contributed by atoms with E-state index in [1.807, 2.05) is 18.2 Å². The second-order valence-corrected chi connectivity index (χ2v) is 4.64. The molecule has 0 saturated carbocycles. The summed E-state index contributed by atoms with van der Waals surface area (Å²) in [4.78, 5) is 0. The summed E-state index contributed by atoms with van der Waals surface area (Å²) in [5, 5.41) is 10.0. The van der Waals surface area contributed by atoms with Crippen LogP contribution in [0.3, 0.4) is 0 Å². The summed E-state index contributed by atoms with van der Waals surface area (Å²) in [6.07, 6.45) is 0.956. The molecule has 2 heteroatoms. The van der Waals surface area contributed by atoms with E-state index in [0.717, 1.165) is 12.0 Å². The molecule has 1 nitrogen and oxygen atoms in total. The molecule has 0 spiro atoms. The number of hydrogen-bond acceptors (Lipinski definition) is 1. The van der Waals surface area contributed by atoms with Crippen molar-refractivity contribution < 1.29 is 5.11 Å². The Morgan fingerprint density at radius 3 is 2.83 bits per heavy atom. The van der Waals surface area contributed by atoms with Gasteiger partial charge in [0.1, 0.15) is 4.51 Å². The summed E-state index contributed by atoms with van der Waals surface area (Å²) in [7, 11) is 0. The van der Waals surface area contributed by atoms with E-state index >= 15 is 0 Å². The van der Waals surface area contributed by atoms with E-state index in [-0.39, 0.29) is 5.92 Å². The summed E-state index contributed by atoms with van der Waals surface area (Å²) >= 11 is 3.36. The zero-order chi connectivity index (χ0) is 8.77. The summed E-state index contributed by atoms with van der Waals surface area (Å²) in [6, 6.07) is 8.03. The van der Waals surface area contributed by atoms with Crippen molar-refractivity contribution in [1.29, 1.82) is 0 Å². The van der Waals surface area contributed by atoms with Crippen molar-refractivity contribution in [3.8, 4) is 0 Å². The SMILES string of the molecule is CC1Cc2ccccc2C1(O)Br. The number of benzene rings is 1. The number of hydrogen-bond donors (Lipinski definition) is 1. The fourth-order valence-corrected chi connectivity index (χ4v) is 2.32. The Hall–Kier alpha value is -0.340. The predicted molar refractivity (Wildman–Crippen MR) is 52.1 cm³/mol. The highest BCUT2D eigenvalue weighted by molar-refractivity contribution is 9.09.